The number of nitrogens with zero attached hydrogens (tertiary/aromatic N) is 4. The number of methoxy groups -OCH3 is 2. The van der Waals surface area contributed by atoms with Crippen molar-refractivity contribution in [2.24, 2.45) is 4.99 Å². The van der Waals surface area contributed by atoms with Crippen LogP contribution in [0.3, 0.4) is 0 Å². The second-order valence-corrected chi connectivity index (χ2v) is 20.9. The van der Waals surface area contributed by atoms with Gasteiger partial charge in [0.1, 0.15) is 35.4 Å². The van der Waals surface area contributed by atoms with Crippen molar-refractivity contribution in [3.05, 3.63) is 118 Å². The predicted molar refractivity (Wildman–Crippen MR) is 228 cm³/mol. The molecule has 4 aromatic rings. The van der Waals surface area contributed by atoms with Gasteiger partial charge in [-0.25, -0.2) is 9.79 Å². The van der Waals surface area contributed by atoms with Crippen LogP contribution in [0, 0.1) is 0 Å². The molecular formula is C45H62N4O7Si. The van der Waals surface area contributed by atoms with Gasteiger partial charge in [0.15, 0.2) is 20.4 Å². The summed E-state index contributed by atoms with van der Waals surface area (Å²) in [5, 5.41) is 12.0. The lowest BCUT2D eigenvalue weighted by atomic mass is 9.80. The maximum atomic E-state index is 13.8. The van der Waals surface area contributed by atoms with Gasteiger partial charge in [-0.3, -0.25) is 4.57 Å². The zero-order valence-electron chi connectivity index (χ0n) is 35.2. The summed E-state index contributed by atoms with van der Waals surface area (Å²) in [7, 11) is 0.771. The largest absolute Gasteiger partial charge is 0.497 e. The summed E-state index contributed by atoms with van der Waals surface area (Å²) in [6.07, 6.45) is 3.83. The molecule has 1 N–H and O–H groups in total. The molecule has 1 saturated heterocycles. The van der Waals surface area contributed by atoms with Gasteiger partial charge in [0.25, 0.3) is 0 Å². The van der Waals surface area contributed by atoms with E-state index in [0.717, 1.165) is 55.5 Å². The number of aromatic nitrogens is 2. The molecule has 0 spiro atoms. The molecule has 5 rings (SSSR count). The summed E-state index contributed by atoms with van der Waals surface area (Å²) >= 11 is 0. The summed E-state index contributed by atoms with van der Waals surface area (Å²) in [6, 6.07) is 27.2. The summed E-state index contributed by atoms with van der Waals surface area (Å²) in [4.78, 5) is 24.9. The Morgan fingerprint density at radius 1 is 0.860 bits per heavy atom. The van der Waals surface area contributed by atoms with Crippen LogP contribution in [0.25, 0.3) is 0 Å². The van der Waals surface area contributed by atoms with Crippen molar-refractivity contribution in [2.45, 2.75) is 109 Å². The molecule has 0 saturated carbocycles. The first kappa shape index (κ1) is 43.8. The minimum absolute atomic E-state index is 0.0438. The summed E-state index contributed by atoms with van der Waals surface area (Å²) in [5.74, 6) is 1.72. The van der Waals surface area contributed by atoms with Crippen molar-refractivity contribution >= 4 is 20.5 Å². The van der Waals surface area contributed by atoms with Gasteiger partial charge in [-0.05, 0) is 78.0 Å². The van der Waals surface area contributed by atoms with Crippen LogP contribution in [-0.2, 0) is 19.5 Å². The Morgan fingerprint density at radius 3 is 1.89 bits per heavy atom. The van der Waals surface area contributed by atoms with E-state index in [9.17, 15) is 9.90 Å². The predicted octanol–water partition coefficient (Wildman–Crippen LogP) is 8.48. The lowest BCUT2D eigenvalue weighted by molar-refractivity contribution is -0.0956. The molecule has 12 heteroatoms. The molecule has 0 radical (unpaired) electrons. The lowest BCUT2D eigenvalue weighted by Gasteiger charge is -2.40. The average Bonchev–Trinajstić information content (AvgIpc) is 3.51. The Labute approximate surface area is 339 Å². The molecule has 0 bridgehead atoms. The Morgan fingerprint density at radius 2 is 1.40 bits per heavy atom. The molecule has 0 aliphatic carbocycles. The van der Waals surface area contributed by atoms with E-state index < -0.39 is 44.1 Å². The summed E-state index contributed by atoms with van der Waals surface area (Å²) in [6.45, 7) is 16.7. The molecule has 0 unspecified atom stereocenters. The fourth-order valence-electron chi connectivity index (χ4n) is 6.77. The van der Waals surface area contributed by atoms with E-state index >= 15 is 0 Å². The molecule has 3 aromatic carbocycles. The smallest absolute Gasteiger partial charge is 0.351 e. The molecule has 4 atom stereocenters. The van der Waals surface area contributed by atoms with Crippen molar-refractivity contribution in [3.8, 4) is 11.5 Å². The molecule has 2 heterocycles. The molecule has 1 aliphatic rings. The number of benzene rings is 3. The third-order valence-electron chi connectivity index (χ3n) is 11.2. The van der Waals surface area contributed by atoms with Crippen molar-refractivity contribution in [1.29, 1.82) is 0 Å². The highest BCUT2D eigenvalue weighted by Gasteiger charge is 2.51. The summed E-state index contributed by atoms with van der Waals surface area (Å²) in [5.41, 5.74) is 0.875. The second-order valence-electron chi connectivity index (χ2n) is 16.2. The number of aliphatic hydroxyl groups excluding tert-OH is 1. The minimum atomic E-state index is -2.50. The van der Waals surface area contributed by atoms with E-state index in [1.807, 2.05) is 78.9 Å². The van der Waals surface area contributed by atoms with E-state index in [4.69, 9.17) is 23.4 Å². The molecule has 1 fully saturated rings. The SMILES string of the molecule is CCCCN(C=Nc1ccn([C@H]2O[C@@H](COC(c3ccccc3)(c3ccc(OC)cc3)c3ccc(OC)cc3)[C@H](O)[C@@H]2O[Si](C)(C)C(C)(C)C)c(=O)n1)CCCC. The quantitative estimate of drug-likeness (QED) is 0.0432. The van der Waals surface area contributed by atoms with Gasteiger partial charge in [-0.15, -0.1) is 0 Å². The van der Waals surface area contributed by atoms with E-state index in [-0.39, 0.29) is 11.6 Å². The van der Waals surface area contributed by atoms with Crippen LogP contribution in [0.1, 0.15) is 83.2 Å². The van der Waals surface area contributed by atoms with Gasteiger partial charge < -0.3 is 33.4 Å². The van der Waals surface area contributed by atoms with Crippen LogP contribution in [0.15, 0.2) is 101 Å². The van der Waals surface area contributed by atoms with E-state index in [2.05, 4.69) is 62.6 Å². The lowest BCUT2D eigenvalue weighted by Crippen LogP contribution is -2.49. The third-order valence-corrected chi connectivity index (χ3v) is 15.7. The van der Waals surface area contributed by atoms with E-state index in [0.29, 0.717) is 17.3 Å². The van der Waals surface area contributed by atoms with Crippen molar-refractivity contribution in [3.63, 3.8) is 0 Å². The Bertz CT molecular complexity index is 1880. The van der Waals surface area contributed by atoms with Crippen LogP contribution in [0.4, 0.5) is 5.82 Å². The molecule has 0 amide bonds. The second kappa shape index (κ2) is 19.4. The van der Waals surface area contributed by atoms with Gasteiger partial charge in [0.05, 0.1) is 27.2 Å². The van der Waals surface area contributed by atoms with Gasteiger partial charge in [0, 0.05) is 19.3 Å². The first-order chi connectivity index (χ1) is 27.3. The van der Waals surface area contributed by atoms with Crippen molar-refractivity contribution < 1.29 is 28.5 Å². The maximum Gasteiger partial charge on any atom is 0.351 e. The Balaban J connectivity index is 1.53. The number of hydrogen-bond acceptors (Lipinski definition) is 9. The maximum absolute atomic E-state index is 13.8. The van der Waals surface area contributed by atoms with Crippen LogP contribution in [0.2, 0.25) is 18.1 Å². The molecule has 1 aromatic heterocycles. The highest BCUT2D eigenvalue weighted by atomic mass is 28.4. The standard InChI is InChI=1S/C45H62N4O7Si/c1-10-12-28-48(29-13-11-2)32-46-39-27-30-49(43(51)47-39)42-41(56-57(8,9)44(3,4)5)40(50)38(55-42)31-54-45(33-17-15-14-16-18-33,34-19-23-36(52-6)24-20-34)35-21-25-37(53-7)26-22-35/h14-27,30,32,38,40-42,50H,10-13,28-29,31H2,1-9H3/t38-,40-,41-,42-/m0/s1. The average molecular weight is 799 g/mol. The van der Waals surface area contributed by atoms with Gasteiger partial charge in [-0.2, -0.15) is 4.98 Å². The minimum Gasteiger partial charge on any atom is -0.497 e. The number of unbranched alkanes of at least 4 members (excludes halogenated alkanes) is 2. The third kappa shape index (κ3) is 10.2. The van der Waals surface area contributed by atoms with Gasteiger partial charge in [0.2, 0.25) is 0 Å². The van der Waals surface area contributed by atoms with E-state index in [1.165, 1.54) is 4.57 Å². The Hall–Kier alpha value is -4.33. The topological polar surface area (TPSA) is 117 Å². The summed E-state index contributed by atoms with van der Waals surface area (Å²) < 4.78 is 33.2. The number of hydrogen-bond donors (Lipinski definition) is 1. The molecule has 308 valence electrons. The molecule has 11 nitrogen and oxygen atoms in total. The van der Waals surface area contributed by atoms with E-state index in [1.54, 1.807) is 32.8 Å². The molecule has 1 aliphatic heterocycles. The highest BCUT2D eigenvalue weighted by Crippen LogP contribution is 2.45. The first-order valence-electron chi connectivity index (χ1n) is 20.1. The van der Waals surface area contributed by atoms with Gasteiger partial charge in [-0.1, -0.05) is 102 Å². The van der Waals surface area contributed by atoms with Gasteiger partial charge >= 0.3 is 5.69 Å². The monoisotopic (exact) mass is 798 g/mol. The molecular weight excluding hydrogens is 737 g/mol. The first-order valence-corrected chi connectivity index (χ1v) is 23.1. The molecule has 57 heavy (non-hydrogen) atoms. The highest BCUT2D eigenvalue weighted by molar-refractivity contribution is 6.74. The number of rotatable bonds is 19. The zero-order valence-corrected chi connectivity index (χ0v) is 36.2. The fraction of sp³-hybridized carbons (Fsp3) is 0.489. The van der Waals surface area contributed by atoms with Crippen molar-refractivity contribution in [1.82, 2.24) is 14.5 Å². The fourth-order valence-corrected chi connectivity index (χ4v) is 8.05. The van der Waals surface area contributed by atoms with Crippen LogP contribution < -0.4 is 15.2 Å². The van der Waals surface area contributed by atoms with Crippen LogP contribution in [0.5, 0.6) is 11.5 Å². The Kier molecular flexibility index (Phi) is 14.9. The zero-order chi connectivity index (χ0) is 41.2. The van der Waals surface area contributed by atoms with Crippen LogP contribution >= 0.6 is 0 Å². The van der Waals surface area contributed by atoms with Crippen molar-refractivity contribution in [2.75, 3.05) is 33.9 Å². The van der Waals surface area contributed by atoms with Crippen LogP contribution in [-0.4, -0.2) is 86.4 Å². The number of aliphatic hydroxyl groups is 1. The normalized spacial score (nSPS) is 18.9. The number of ether oxygens (including phenoxy) is 4. The number of aliphatic imine (C=N–C) groups is 1.